The van der Waals surface area contributed by atoms with E-state index in [9.17, 15) is 24.3 Å². The van der Waals surface area contributed by atoms with Crippen molar-refractivity contribution in [3.05, 3.63) is 36.0 Å². The predicted molar refractivity (Wildman–Crippen MR) is 109 cm³/mol. The molecule has 2 aromatic rings. The van der Waals surface area contributed by atoms with Gasteiger partial charge >= 0.3 is 5.97 Å². The topological polar surface area (TPSA) is 180 Å². The van der Waals surface area contributed by atoms with E-state index in [-0.39, 0.29) is 12.2 Å². The molecule has 0 aliphatic rings. The molecule has 8 N–H and O–H groups in total. The van der Waals surface area contributed by atoms with E-state index in [1.165, 1.54) is 0 Å². The lowest BCUT2D eigenvalue weighted by molar-refractivity contribution is -0.143. The number of thiol groups is 1. The second-order valence-corrected chi connectivity index (χ2v) is 6.85. The second kappa shape index (κ2) is 9.94. The molecule has 0 fully saturated rings. The normalized spacial score (nSPS) is 14.0. The number of rotatable bonds is 10. The zero-order valence-electron chi connectivity index (χ0n) is 15.4. The molecule has 11 heteroatoms. The summed E-state index contributed by atoms with van der Waals surface area (Å²) in [5.74, 6) is -3.62. The number of aromatic nitrogens is 1. The van der Waals surface area contributed by atoms with Crippen LogP contribution in [0.25, 0.3) is 10.9 Å². The van der Waals surface area contributed by atoms with Crippen molar-refractivity contribution >= 4 is 47.2 Å². The van der Waals surface area contributed by atoms with Crippen LogP contribution < -0.4 is 22.1 Å². The van der Waals surface area contributed by atoms with Gasteiger partial charge in [0.1, 0.15) is 12.1 Å². The van der Waals surface area contributed by atoms with Crippen molar-refractivity contribution in [3.63, 3.8) is 0 Å². The number of hydrogen-bond acceptors (Lipinski definition) is 6. The number of aromatic amines is 1. The monoisotopic (exact) mass is 421 g/mol. The van der Waals surface area contributed by atoms with Gasteiger partial charge in [0.2, 0.25) is 17.7 Å². The van der Waals surface area contributed by atoms with Gasteiger partial charge in [-0.25, -0.2) is 4.79 Å². The van der Waals surface area contributed by atoms with Crippen LogP contribution in [0, 0.1) is 0 Å². The first-order chi connectivity index (χ1) is 13.7. The number of nitrogens with one attached hydrogen (secondary N) is 3. The number of amides is 3. The maximum atomic E-state index is 12.7. The van der Waals surface area contributed by atoms with E-state index in [0.717, 1.165) is 16.5 Å². The van der Waals surface area contributed by atoms with Crippen LogP contribution in [0.4, 0.5) is 0 Å². The number of carbonyl (C=O) groups excluding carboxylic acids is 3. The molecule has 0 bridgehead atoms. The number of hydrogen-bond donors (Lipinski definition) is 7. The Morgan fingerprint density at radius 3 is 2.38 bits per heavy atom. The summed E-state index contributed by atoms with van der Waals surface area (Å²) in [6.07, 6.45) is 1.20. The van der Waals surface area contributed by atoms with Crippen LogP contribution in [0.5, 0.6) is 0 Å². The van der Waals surface area contributed by atoms with Crippen molar-refractivity contribution in [3.8, 4) is 0 Å². The van der Waals surface area contributed by atoms with E-state index >= 15 is 0 Å². The molecular formula is C18H23N5O5S. The fourth-order valence-corrected chi connectivity index (χ4v) is 2.93. The van der Waals surface area contributed by atoms with Crippen molar-refractivity contribution in [2.75, 3.05) is 5.75 Å². The van der Waals surface area contributed by atoms with Crippen molar-refractivity contribution < 1.29 is 24.3 Å². The molecule has 10 nitrogen and oxygen atoms in total. The van der Waals surface area contributed by atoms with Crippen LogP contribution in [-0.2, 0) is 25.6 Å². The number of carboxylic acids is 1. The van der Waals surface area contributed by atoms with Crippen LogP contribution in [-0.4, -0.2) is 57.7 Å². The van der Waals surface area contributed by atoms with E-state index in [0.29, 0.717) is 0 Å². The van der Waals surface area contributed by atoms with E-state index < -0.39 is 48.2 Å². The zero-order valence-corrected chi connectivity index (χ0v) is 16.3. The van der Waals surface area contributed by atoms with Crippen molar-refractivity contribution in [2.24, 2.45) is 11.5 Å². The molecule has 156 valence electrons. The molecule has 0 aliphatic carbocycles. The van der Waals surface area contributed by atoms with E-state index in [1.54, 1.807) is 6.20 Å². The number of primary amides is 1. The molecule has 0 saturated carbocycles. The molecule has 0 aliphatic heterocycles. The van der Waals surface area contributed by atoms with Gasteiger partial charge in [0.05, 0.1) is 12.5 Å². The maximum Gasteiger partial charge on any atom is 0.326 e. The summed E-state index contributed by atoms with van der Waals surface area (Å²) < 4.78 is 0. The summed E-state index contributed by atoms with van der Waals surface area (Å²) in [6.45, 7) is 0. The third-order valence-electron chi connectivity index (χ3n) is 4.29. The smallest absolute Gasteiger partial charge is 0.326 e. The van der Waals surface area contributed by atoms with Gasteiger partial charge < -0.3 is 32.2 Å². The van der Waals surface area contributed by atoms with Gasteiger partial charge in [0.15, 0.2) is 0 Å². The summed E-state index contributed by atoms with van der Waals surface area (Å²) in [5.41, 5.74) is 12.3. The van der Waals surface area contributed by atoms with E-state index in [2.05, 4.69) is 28.2 Å². The zero-order chi connectivity index (χ0) is 21.6. The SMILES string of the molecule is NC(=O)CC(NC(=O)C(Cc1c[nH]c2ccccc12)NC(=O)C(N)CS)C(=O)O. The highest BCUT2D eigenvalue weighted by Crippen LogP contribution is 2.19. The number of H-pyrrole nitrogens is 1. The van der Waals surface area contributed by atoms with E-state index in [4.69, 9.17) is 11.5 Å². The minimum absolute atomic E-state index is 0.0622. The van der Waals surface area contributed by atoms with Crippen LogP contribution in [0.3, 0.4) is 0 Å². The van der Waals surface area contributed by atoms with Crippen LogP contribution in [0.15, 0.2) is 30.5 Å². The largest absolute Gasteiger partial charge is 0.480 e. The Bertz CT molecular complexity index is 915. The second-order valence-electron chi connectivity index (χ2n) is 6.48. The molecule has 29 heavy (non-hydrogen) atoms. The predicted octanol–water partition coefficient (Wildman–Crippen LogP) is -1.10. The van der Waals surface area contributed by atoms with Gasteiger partial charge in [-0.05, 0) is 11.6 Å². The third-order valence-corrected chi connectivity index (χ3v) is 4.68. The lowest BCUT2D eigenvalue weighted by Gasteiger charge is -2.22. The molecule has 3 atom stereocenters. The number of fused-ring (bicyclic) bond motifs is 1. The first-order valence-electron chi connectivity index (χ1n) is 8.76. The van der Waals surface area contributed by atoms with E-state index in [1.807, 2.05) is 24.3 Å². The Kier molecular flexibility index (Phi) is 7.62. The van der Waals surface area contributed by atoms with Gasteiger partial charge in [-0.2, -0.15) is 12.6 Å². The lowest BCUT2D eigenvalue weighted by atomic mass is 10.0. The Balaban J connectivity index is 2.26. The number of carboxylic acid groups (broad SMARTS) is 1. The van der Waals surface area contributed by atoms with Crippen LogP contribution >= 0.6 is 12.6 Å². The summed E-state index contributed by atoms with van der Waals surface area (Å²) in [7, 11) is 0. The Hall–Kier alpha value is -3.05. The highest BCUT2D eigenvalue weighted by atomic mass is 32.1. The molecule has 1 aromatic heterocycles. The Morgan fingerprint density at radius 1 is 1.10 bits per heavy atom. The van der Waals surface area contributed by atoms with Gasteiger partial charge in [0, 0.05) is 29.3 Å². The van der Waals surface area contributed by atoms with Crippen LogP contribution in [0.1, 0.15) is 12.0 Å². The number of para-hydroxylation sites is 1. The minimum Gasteiger partial charge on any atom is -0.480 e. The number of benzene rings is 1. The fourth-order valence-electron chi connectivity index (χ4n) is 2.76. The van der Waals surface area contributed by atoms with Crippen molar-refractivity contribution in [2.45, 2.75) is 31.0 Å². The highest BCUT2D eigenvalue weighted by Gasteiger charge is 2.29. The molecule has 3 amide bonds. The molecule has 1 aromatic carbocycles. The number of aliphatic carboxylic acids is 1. The Morgan fingerprint density at radius 2 is 1.76 bits per heavy atom. The van der Waals surface area contributed by atoms with Crippen molar-refractivity contribution in [1.29, 1.82) is 0 Å². The minimum atomic E-state index is -1.51. The first-order valence-corrected chi connectivity index (χ1v) is 9.39. The third kappa shape index (κ3) is 5.96. The first kappa shape index (κ1) is 22.2. The average Bonchev–Trinajstić information content (AvgIpc) is 3.08. The maximum absolute atomic E-state index is 12.7. The molecule has 0 spiro atoms. The lowest BCUT2D eigenvalue weighted by Crippen LogP contribution is -2.56. The molecule has 0 radical (unpaired) electrons. The van der Waals surface area contributed by atoms with Gasteiger partial charge in [-0.15, -0.1) is 0 Å². The Labute approximate surface area is 171 Å². The van der Waals surface area contributed by atoms with Gasteiger partial charge in [-0.3, -0.25) is 14.4 Å². The van der Waals surface area contributed by atoms with Crippen molar-refractivity contribution in [1.82, 2.24) is 15.6 Å². The molecule has 3 unspecified atom stereocenters. The summed E-state index contributed by atoms with van der Waals surface area (Å²) in [6, 6.07) is 3.81. The molecule has 0 saturated heterocycles. The average molecular weight is 421 g/mol. The van der Waals surface area contributed by atoms with Gasteiger partial charge in [-0.1, -0.05) is 18.2 Å². The fraction of sp³-hybridized carbons (Fsp3) is 0.333. The molecule has 2 rings (SSSR count). The highest BCUT2D eigenvalue weighted by molar-refractivity contribution is 7.80. The van der Waals surface area contributed by atoms with Gasteiger partial charge in [0.25, 0.3) is 0 Å². The summed E-state index contributed by atoms with van der Waals surface area (Å²) >= 11 is 3.97. The summed E-state index contributed by atoms with van der Waals surface area (Å²) in [5, 5.41) is 14.8. The van der Waals surface area contributed by atoms with Crippen LogP contribution in [0.2, 0.25) is 0 Å². The quantitative estimate of drug-likeness (QED) is 0.239. The number of carbonyl (C=O) groups is 4. The summed E-state index contributed by atoms with van der Waals surface area (Å²) in [4.78, 5) is 50.4. The molecular weight excluding hydrogens is 398 g/mol. The molecule has 1 heterocycles. The standard InChI is InChI=1S/C18H23N5O5S/c19-11(8-29)16(25)22-13(17(26)23-14(18(27)28)6-15(20)24)5-9-7-21-12-4-2-1-3-10(9)12/h1-4,7,11,13-14,21,29H,5-6,8,19H2,(H2,20,24)(H,22,25)(H,23,26)(H,27,28). The number of nitrogens with two attached hydrogens (primary N) is 2.